The highest BCUT2D eigenvalue weighted by Crippen LogP contribution is 2.31. The third-order valence-electron chi connectivity index (χ3n) is 4.86. The molecule has 5 N–H and O–H groups in total. The highest BCUT2D eigenvalue weighted by Gasteiger charge is 2.32. The van der Waals surface area contributed by atoms with Crippen LogP contribution in [0.3, 0.4) is 0 Å². The summed E-state index contributed by atoms with van der Waals surface area (Å²) < 4.78 is 0. The van der Waals surface area contributed by atoms with E-state index in [1.165, 1.54) is 25.7 Å². The van der Waals surface area contributed by atoms with Gasteiger partial charge in [0.15, 0.2) is 0 Å². The standard InChI is InChI=1S/C14H28ClN5O/c1-9-18-14(20-21-9)11-4-2-10(3-5-11)6-17-13-8-16-7-12(15)19-13/h9-14,16-20H,2-8H2,1H3. The monoisotopic (exact) mass is 317 g/mol. The van der Waals surface area contributed by atoms with E-state index in [9.17, 15) is 0 Å². The van der Waals surface area contributed by atoms with E-state index in [-0.39, 0.29) is 11.7 Å². The predicted molar refractivity (Wildman–Crippen MR) is 83.5 cm³/mol. The first-order valence-electron chi connectivity index (χ1n) is 8.22. The van der Waals surface area contributed by atoms with Crippen molar-refractivity contribution in [1.29, 1.82) is 0 Å². The largest absolute Gasteiger partial charge is 0.311 e. The Balaban J connectivity index is 1.34. The van der Waals surface area contributed by atoms with E-state index in [0.29, 0.717) is 18.2 Å². The summed E-state index contributed by atoms with van der Waals surface area (Å²) >= 11 is 6.10. The molecule has 4 atom stereocenters. The number of rotatable bonds is 4. The van der Waals surface area contributed by atoms with Gasteiger partial charge in [-0.1, -0.05) is 0 Å². The lowest BCUT2D eigenvalue weighted by Crippen LogP contribution is -2.59. The number of hydroxylamine groups is 1. The van der Waals surface area contributed by atoms with Gasteiger partial charge in [-0.2, -0.15) is 5.48 Å². The maximum atomic E-state index is 6.10. The number of piperazine rings is 1. The van der Waals surface area contributed by atoms with Crippen molar-refractivity contribution in [3.63, 3.8) is 0 Å². The van der Waals surface area contributed by atoms with E-state index >= 15 is 0 Å². The minimum Gasteiger partial charge on any atom is -0.311 e. The van der Waals surface area contributed by atoms with Crippen LogP contribution in [0.2, 0.25) is 0 Å². The predicted octanol–water partition coefficient (Wildman–Crippen LogP) is 0.263. The molecule has 2 heterocycles. The summed E-state index contributed by atoms with van der Waals surface area (Å²) in [5.41, 5.74) is 3.16. The van der Waals surface area contributed by atoms with Crippen LogP contribution in [0.25, 0.3) is 0 Å². The van der Waals surface area contributed by atoms with Crippen LogP contribution in [0.15, 0.2) is 0 Å². The smallest absolute Gasteiger partial charge is 0.128 e. The lowest BCUT2D eigenvalue weighted by atomic mass is 9.80. The Kier molecular flexibility index (Phi) is 5.72. The quantitative estimate of drug-likeness (QED) is 0.379. The zero-order valence-electron chi connectivity index (χ0n) is 12.7. The molecule has 2 aliphatic heterocycles. The summed E-state index contributed by atoms with van der Waals surface area (Å²) in [4.78, 5) is 5.38. The fraction of sp³-hybridized carbons (Fsp3) is 1.00. The lowest BCUT2D eigenvalue weighted by Gasteiger charge is -2.34. The normalized spacial score (nSPS) is 44.9. The summed E-state index contributed by atoms with van der Waals surface area (Å²) in [5.74, 6) is 1.46. The Morgan fingerprint density at radius 3 is 2.62 bits per heavy atom. The second-order valence-electron chi connectivity index (χ2n) is 6.56. The average molecular weight is 318 g/mol. The first kappa shape index (κ1) is 15.9. The SMILES string of the molecule is CC1NC(C2CCC(CNC3CNCC(Cl)N3)CC2)NO1. The molecule has 0 spiro atoms. The van der Waals surface area contributed by atoms with Crippen LogP contribution in [0.1, 0.15) is 32.6 Å². The molecule has 7 heteroatoms. The molecule has 0 amide bonds. The number of hydrogen-bond donors (Lipinski definition) is 5. The molecule has 3 aliphatic rings. The fourth-order valence-corrected chi connectivity index (χ4v) is 3.85. The molecule has 0 bridgehead atoms. The number of hydrogen-bond acceptors (Lipinski definition) is 6. The van der Waals surface area contributed by atoms with Gasteiger partial charge in [0.25, 0.3) is 0 Å². The van der Waals surface area contributed by atoms with Crippen LogP contribution in [-0.4, -0.2) is 43.7 Å². The molecule has 0 aromatic heterocycles. The van der Waals surface area contributed by atoms with Gasteiger partial charge in [0, 0.05) is 13.1 Å². The Morgan fingerprint density at radius 2 is 1.95 bits per heavy atom. The van der Waals surface area contributed by atoms with Crippen molar-refractivity contribution in [1.82, 2.24) is 26.7 Å². The molecular formula is C14H28ClN5O. The van der Waals surface area contributed by atoms with Gasteiger partial charge in [-0.15, -0.1) is 11.6 Å². The molecule has 1 saturated carbocycles. The van der Waals surface area contributed by atoms with Gasteiger partial charge >= 0.3 is 0 Å². The number of nitrogens with one attached hydrogen (secondary N) is 5. The number of alkyl halides is 1. The molecule has 1 aliphatic carbocycles. The molecule has 21 heavy (non-hydrogen) atoms. The van der Waals surface area contributed by atoms with Crippen LogP contribution in [0, 0.1) is 11.8 Å². The molecule has 0 aromatic rings. The molecule has 6 nitrogen and oxygen atoms in total. The fourth-order valence-electron chi connectivity index (χ4n) is 3.58. The molecule has 3 fully saturated rings. The van der Waals surface area contributed by atoms with Crippen molar-refractivity contribution in [2.24, 2.45) is 11.8 Å². The summed E-state index contributed by atoms with van der Waals surface area (Å²) in [6.45, 7) is 4.91. The molecule has 0 radical (unpaired) electrons. The van der Waals surface area contributed by atoms with Crippen LogP contribution in [0.4, 0.5) is 0 Å². The zero-order valence-corrected chi connectivity index (χ0v) is 13.5. The number of halogens is 1. The molecule has 4 unspecified atom stereocenters. The molecule has 2 saturated heterocycles. The minimum atomic E-state index is 0.0356. The van der Waals surface area contributed by atoms with E-state index < -0.39 is 0 Å². The first-order chi connectivity index (χ1) is 10.2. The second-order valence-corrected chi connectivity index (χ2v) is 7.08. The summed E-state index contributed by atoms with van der Waals surface area (Å²) in [5, 5.41) is 13.7. The van der Waals surface area contributed by atoms with Gasteiger partial charge in [0.2, 0.25) is 0 Å². The summed E-state index contributed by atoms with van der Waals surface area (Å²) in [6.07, 6.45) is 5.86. The molecule has 3 rings (SSSR count). The van der Waals surface area contributed by atoms with Crippen molar-refractivity contribution < 1.29 is 4.84 Å². The van der Waals surface area contributed by atoms with Gasteiger partial charge in [-0.25, -0.2) is 0 Å². The Hall–Kier alpha value is 0.0500. The van der Waals surface area contributed by atoms with E-state index in [1.807, 2.05) is 6.92 Å². The Labute approximate surface area is 132 Å². The van der Waals surface area contributed by atoms with E-state index in [4.69, 9.17) is 16.4 Å². The molecule has 0 aromatic carbocycles. The van der Waals surface area contributed by atoms with E-state index in [2.05, 4.69) is 26.7 Å². The maximum absolute atomic E-state index is 6.10. The van der Waals surface area contributed by atoms with Crippen LogP contribution < -0.4 is 26.7 Å². The van der Waals surface area contributed by atoms with E-state index in [0.717, 1.165) is 25.6 Å². The molecular weight excluding hydrogens is 290 g/mol. The highest BCUT2D eigenvalue weighted by atomic mass is 35.5. The van der Waals surface area contributed by atoms with Crippen molar-refractivity contribution in [2.75, 3.05) is 19.6 Å². The first-order valence-corrected chi connectivity index (χ1v) is 8.66. The van der Waals surface area contributed by atoms with Gasteiger partial charge < -0.3 is 10.6 Å². The maximum Gasteiger partial charge on any atom is 0.128 e. The van der Waals surface area contributed by atoms with E-state index in [1.54, 1.807) is 0 Å². The van der Waals surface area contributed by atoms with Crippen LogP contribution in [-0.2, 0) is 4.84 Å². The third-order valence-corrected chi connectivity index (χ3v) is 5.14. The van der Waals surface area contributed by atoms with Crippen molar-refractivity contribution in [3.8, 4) is 0 Å². The zero-order chi connectivity index (χ0) is 14.7. The van der Waals surface area contributed by atoms with Crippen LogP contribution in [0.5, 0.6) is 0 Å². The topological polar surface area (TPSA) is 69.4 Å². The van der Waals surface area contributed by atoms with Crippen LogP contribution >= 0.6 is 11.6 Å². The summed E-state index contributed by atoms with van der Waals surface area (Å²) in [6, 6.07) is 0. The molecule has 122 valence electrons. The highest BCUT2D eigenvalue weighted by molar-refractivity contribution is 6.20. The van der Waals surface area contributed by atoms with Gasteiger partial charge in [0.1, 0.15) is 6.23 Å². The third kappa shape index (κ3) is 4.51. The minimum absolute atomic E-state index is 0.0356. The summed E-state index contributed by atoms with van der Waals surface area (Å²) in [7, 11) is 0. The van der Waals surface area contributed by atoms with Crippen molar-refractivity contribution in [3.05, 3.63) is 0 Å². The van der Waals surface area contributed by atoms with Gasteiger partial charge in [0.05, 0.1) is 17.8 Å². The average Bonchev–Trinajstić information content (AvgIpc) is 2.92. The van der Waals surface area contributed by atoms with Crippen molar-refractivity contribution >= 4 is 11.6 Å². The Morgan fingerprint density at radius 1 is 1.14 bits per heavy atom. The Bertz CT molecular complexity index is 326. The van der Waals surface area contributed by atoms with Gasteiger partial charge in [-0.3, -0.25) is 15.5 Å². The van der Waals surface area contributed by atoms with Gasteiger partial charge in [-0.05, 0) is 51.0 Å². The van der Waals surface area contributed by atoms with Crippen molar-refractivity contribution in [2.45, 2.75) is 56.7 Å². The second kappa shape index (κ2) is 7.55. The lowest BCUT2D eigenvalue weighted by molar-refractivity contribution is 0.0251.